The van der Waals surface area contributed by atoms with Gasteiger partial charge >= 0.3 is 12.1 Å². The molecule has 0 bridgehead atoms. The lowest BCUT2D eigenvalue weighted by molar-refractivity contribution is -0.138. The number of carbonyl (C=O) groups excluding carboxylic acids is 1. The number of carboxylic acid groups (broad SMARTS) is 1. The largest absolute Gasteiger partial charge is 0.485 e. The highest BCUT2D eigenvalue weighted by atomic mass is 16.6. The maximum atomic E-state index is 12.6. The third-order valence-corrected chi connectivity index (χ3v) is 7.04. The molecule has 4 aromatic rings. The molecule has 0 unspecified atom stereocenters. The molecule has 1 fully saturated rings. The van der Waals surface area contributed by atoms with Crippen LogP contribution in [0.2, 0.25) is 0 Å². The molecule has 0 spiro atoms. The van der Waals surface area contributed by atoms with Crippen molar-refractivity contribution in [3.05, 3.63) is 90.3 Å². The number of amides is 1. The summed E-state index contributed by atoms with van der Waals surface area (Å²) in [5, 5.41) is 13.5. The van der Waals surface area contributed by atoms with Crippen molar-refractivity contribution < 1.29 is 28.7 Å². The number of hydrogen-bond donors (Lipinski definition) is 1. The van der Waals surface area contributed by atoms with Crippen LogP contribution in [0.1, 0.15) is 37.6 Å². The van der Waals surface area contributed by atoms with Gasteiger partial charge in [-0.1, -0.05) is 73.6 Å². The van der Waals surface area contributed by atoms with Crippen molar-refractivity contribution in [2.45, 2.75) is 32.8 Å². The first-order valence-corrected chi connectivity index (χ1v) is 13.7. The number of benzene rings is 3. The average molecular weight is 556 g/mol. The number of nitrogens with zero attached hydrogens (tertiary/aromatic N) is 3. The second-order valence-electron chi connectivity index (χ2n) is 10.7. The van der Waals surface area contributed by atoms with Crippen molar-refractivity contribution in [1.29, 1.82) is 0 Å². The number of aromatic nitrogens is 2. The van der Waals surface area contributed by atoms with Gasteiger partial charge in [0.05, 0.1) is 13.0 Å². The van der Waals surface area contributed by atoms with Crippen molar-refractivity contribution in [3.8, 4) is 28.3 Å². The summed E-state index contributed by atoms with van der Waals surface area (Å²) in [5.41, 5.74) is 3.94. The SMILES string of the molecule is CC(C)COC(=O)N1C[C@H](CC(=O)O)[C@H](c2cccc(OCc3noc(-c4ccc(-c5ccccc5)cc4)n3)c2)C1. The van der Waals surface area contributed by atoms with E-state index in [1.54, 1.807) is 4.90 Å². The van der Waals surface area contributed by atoms with Gasteiger partial charge in [-0.15, -0.1) is 0 Å². The molecule has 3 aromatic carbocycles. The summed E-state index contributed by atoms with van der Waals surface area (Å²) in [6.07, 6.45) is -0.451. The molecule has 41 heavy (non-hydrogen) atoms. The fourth-order valence-corrected chi connectivity index (χ4v) is 5.01. The number of carbonyl (C=O) groups is 2. The summed E-state index contributed by atoms with van der Waals surface area (Å²) in [5.74, 6) is 0.337. The Hall–Kier alpha value is -4.66. The van der Waals surface area contributed by atoms with Crippen LogP contribution in [-0.4, -0.2) is 51.9 Å². The van der Waals surface area contributed by atoms with Gasteiger partial charge in [0, 0.05) is 24.6 Å². The Morgan fingerprint density at radius 3 is 2.44 bits per heavy atom. The van der Waals surface area contributed by atoms with Gasteiger partial charge in [0.2, 0.25) is 5.82 Å². The Morgan fingerprint density at radius 2 is 1.71 bits per heavy atom. The molecule has 9 nitrogen and oxygen atoms in total. The molecule has 9 heteroatoms. The second-order valence-corrected chi connectivity index (χ2v) is 10.7. The monoisotopic (exact) mass is 555 g/mol. The van der Waals surface area contributed by atoms with Gasteiger partial charge in [-0.3, -0.25) is 4.79 Å². The average Bonchev–Trinajstić information content (AvgIpc) is 3.63. The van der Waals surface area contributed by atoms with E-state index in [1.807, 2.05) is 80.6 Å². The minimum Gasteiger partial charge on any atom is -0.485 e. The first kappa shape index (κ1) is 27.9. The van der Waals surface area contributed by atoms with Crippen molar-refractivity contribution >= 4 is 12.1 Å². The van der Waals surface area contributed by atoms with Gasteiger partial charge < -0.3 is 24.0 Å². The molecule has 0 saturated carbocycles. The molecule has 1 aliphatic rings. The van der Waals surface area contributed by atoms with Gasteiger partial charge in [-0.25, -0.2) is 4.79 Å². The molecule has 1 saturated heterocycles. The van der Waals surface area contributed by atoms with E-state index in [-0.39, 0.29) is 30.8 Å². The van der Waals surface area contributed by atoms with Crippen molar-refractivity contribution in [3.63, 3.8) is 0 Å². The summed E-state index contributed by atoms with van der Waals surface area (Å²) < 4.78 is 16.8. The summed E-state index contributed by atoms with van der Waals surface area (Å²) >= 11 is 0. The van der Waals surface area contributed by atoms with Crippen LogP contribution < -0.4 is 4.74 Å². The lowest BCUT2D eigenvalue weighted by atomic mass is 9.87. The fourth-order valence-electron chi connectivity index (χ4n) is 5.01. The Balaban J connectivity index is 1.23. The summed E-state index contributed by atoms with van der Waals surface area (Å²) in [6, 6.07) is 25.5. The quantitative estimate of drug-likeness (QED) is 0.244. The maximum absolute atomic E-state index is 12.6. The zero-order chi connectivity index (χ0) is 28.8. The van der Waals surface area contributed by atoms with Crippen LogP contribution >= 0.6 is 0 Å². The van der Waals surface area contributed by atoms with Crippen molar-refractivity contribution in [1.82, 2.24) is 15.0 Å². The van der Waals surface area contributed by atoms with Crippen LogP contribution in [0.5, 0.6) is 5.75 Å². The highest BCUT2D eigenvalue weighted by Crippen LogP contribution is 2.36. The van der Waals surface area contributed by atoms with E-state index in [2.05, 4.69) is 22.3 Å². The molecule has 212 valence electrons. The zero-order valence-electron chi connectivity index (χ0n) is 23.1. The summed E-state index contributed by atoms with van der Waals surface area (Å²) in [6.45, 7) is 5.08. The number of hydrogen-bond acceptors (Lipinski definition) is 7. The van der Waals surface area contributed by atoms with Crippen LogP contribution in [0.3, 0.4) is 0 Å². The zero-order valence-corrected chi connectivity index (χ0v) is 23.1. The lowest BCUT2D eigenvalue weighted by Crippen LogP contribution is -2.30. The lowest BCUT2D eigenvalue weighted by Gasteiger charge is -2.18. The Labute approximate surface area is 238 Å². The van der Waals surface area contributed by atoms with Crippen LogP contribution in [0.25, 0.3) is 22.6 Å². The van der Waals surface area contributed by atoms with Crippen LogP contribution in [-0.2, 0) is 16.1 Å². The minimum absolute atomic E-state index is 0.0400. The fraction of sp³-hybridized carbons (Fsp3) is 0.312. The molecule has 1 N–H and O–H groups in total. The topological polar surface area (TPSA) is 115 Å². The van der Waals surface area contributed by atoms with Crippen molar-refractivity contribution in [2.24, 2.45) is 11.8 Å². The van der Waals surface area contributed by atoms with E-state index in [1.165, 1.54) is 0 Å². The third kappa shape index (κ3) is 7.11. The van der Waals surface area contributed by atoms with E-state index in [9.17, 15) is 14.7 Å². The molecule has 5 rings (SSSR count). The minimum atomic E-state index is -0.896. The van der Waals surface area contributed by atoms with Gasteiger partial charge in [-0.05, 0) is 52.8 Å². The predicted molar refractivity (Wildman–Crippen MR) is 152 cm³/mol. The third-order valence-electron chi connectivity index (χ3n) is 7.04. The predicted octanol–water partition coefficient (Wildman–Crippen LogP) is 6.27. The maximum Gasteiger partial charge on any atom is 0.409 e. The highest BCUT2D eigenvalue weighted by molar-refractivity contribution is 5.70. The van der Waals surface area contributed by atoms with E-state index >= 15 is 0 Å². The smallest absolute Gasteiger partial charge is 0.409 e. The summed E-state index contributed by atoms with van der Waals surface area (Å²) in [7, 11) is 0. The van der Waals surface area contributed by atoms with Crippen LogP contribution in [0.4, 0.5) is 4.79 Å². The Bertz CT molecular complexity index is 1470. The second kappa shape index (κ2) is 12.7. The molecule has 2 atom stereocenters. The van der Waals surface area contributed by atoms with E-state index in [0.29, 0.717) is 37.2 Å². The van der Waals surface area contributed by atoms with E-state index in [0.717, 1.165) is 22.3 Å². The normalized spacial score (nSPS) is 16.6. The van der Waals surface area contributed by atoms with Crippen LogP contribution in [0.15, 0.2) is 83.4 Å². The van der Waals surface area contributed by atoms with Gasteiger partial charge in [-0.2, -0.15) is 4.98 Å². The van der Waals surface area contributed by atoms with Gasteiger partial charge in [0.25, 0.3) is 5.89 Å². The Morgan fingerprint density at radius 1 is 0.976 bits per heavy atom. The van der Waals surface area contributed by atoms with Gasteiger partial charge in [0.1, 0.15) is 5.75 Å². The number of rotatable bonds is 10. The molecular weight excluding hydrogens is 522 g/mol. The first-order valence-electron chi connectivity index (χ1n) is 13.7. The number of carboxylic acids is 1. The molecule has 1 amide bonds. The first-order chi connectivity index (χ1) is 19.9. The molecule has 1 aliphatic heterocycles. The number of ether oxygens (including phenoxy) is 2. The highest BCUT2D eigenvalue weighted by Gasteiger charge is 2.38. The van der Waals surface area contributed by atoms with E-state index in [4.69, 9.17) is 14.0 Å². The van der Waals surface area contributed by atoms with Gasteiger partial charge in [0.15, 0.2) is 6.61 Å². The van der Waals surface area contributed by atoms with E-state index < -0.39 is 12.1 Å². The van der Waals surface area contributed by atoms with Crippen LogP contribution in [0, 0.1) is 11.8 Å². The number of aliphatic carboxylic acids is 1. The molecular formula is C32H33N3O6. The molecule has 0 radical (unpaired) electrons. The molecule has 2 heterocycles. The van der Waals surface area contributed by atoms with Crippen molar-refractivity contribution in [2.75, 3.05) is 19.7 Å². The molecule has 1 aromatic heterocycles. The summed E-state index contributed by atoms with van der Waals surface area (Å²) in [4.78, 5) is 30.2. The Kier molecular flexibility index (Phi) is 8.62. The standard InChI is InChI=1S/C32H33N3O6/c1-21(2)19-40-32(38)35-17-26(16-30(36)37)28(18-35)25-9-6-10-27(15-25)39-20-29-33-31(41-34-29)24-13-11-23(12-14-24)22-7-4-3-5-8-22/h3-15,21,26,28H,16-20H2,1-2H3,(H,36,37)/t26-,28-/m0/s1. The molecule has 0 aliphatic carbocycles. The number of likely N-dealkylation sites (tertiary alicyclic amines) is 1.